The van der Waals surface area contributed by atoms with Crippen molar-refractivity contribution >= 4 is 53.2 Å². The molecule has 27 heavy (non-hydrogen) atoms. The molecule has 0 saturated carbocycles. The standard InChI is InChI=1S/C22H28Ge2O3/c1-23(2,3)19-13-18(14-20(15-19)24(4,5)6)21(25)12-9-16-7-10-17(11-8-16)22(26)27/h7-15H,1-6H3,(H,26,27). The Balaban J connectivity index is 2.35. The van der Waals surface area contributed by atoms with Gasteiger partial charge in [-0.25, -0.2) is 0 Å². The van der Waals surface area contributed by atoms with Gasteiger partial charge in [0.2, 0.25) is 0 Å². The molecule has 0 bridgehead atoms. The topological polar surface area (TPSA) is 54.4 Å². The second kappa shape index (κ2) is 8.19. The Hall–Kier alpha value is -1.59. The van der Waals surface area contributed by atoms with Gasteiger partial charge in [0.25, 0.3) is 0 Å². The Labute approximate surface area is 167 Å². The predicted octanol–water partition coefficient (Wildman–Crippen LogP) is 4.37. The fourth-order valence-corrected chi connectivity index (χ4v) is 8.22. The summed E-state index contributed by atoms with van der Waals surface area (Å²) in [5.74, 6) is 13.1. The van der Waals surface area contributed by atoms with Crippen LogP contribution in [0.3, 0.4) is 0 Å². The number of allylic oxidation sites excluding steroid dienone is 1. The second-order valence-electron chi connectivity index (χ2n) is 8.92. The van der Waals surface area contributed by atoms with Gasteiger partial charge in [0, 0.05) is 0 Å². The van der Waals surface area contributed by atoms with Crippen LogP contribution in [0.4, 0.5) is 0 Å². The fraction of sp³-hybridized carbons (Fsp3) is 0.273. The second-order valence-corrected chi connectivity index (χ2v) is 30.2. The van der Waals surface area contributed by atoms with E-state index in [1.54, 1.807) is 36.4 Å². The molecule has 0 heterocycles. The Kier molecular flexibility index (Phi) is 6.58. The molecule has 0 unspecified atom stereocenters. The summed E-state index contributed by atoms with van der Waals surface area (Å²) < 4.78 is 2.74. The minimum absolute atomic E-state index is 0.00119. The minimum atomic E-state index is -2.05. The first-order chi connectivity index (χ1) is 12.4. The first-order valence-electron chi connectivity index (χ1n) is 9.10. The van der Waals surface area contributed by atoms with Crippen molar-refractivity contribution in [2.45, 2.75) is 34.5 Å². The van der Waals surface area contributed by atoms with E-state index in [9.17, 15) is 9.59 Å². The van der Waals surface area contributed by atoms with Crippen molar-refractivity contribution < 1.29 is 14.7 Å². The molecule has 0 aliphatic rings. The third kappa shape index (κ3) is 5.94. The van der Waals surface area contributed by atoms with Crippen molar-refractivity contribution in [3.63, 3.8) is 0 Å². The van der Waals surface area contributed by atoms with E-state index in [2.05, 4.69) is 52.7 Å². The molecule has 2 aromatic carbocycles. The zero-order chi connectivity index (χ0) is 20.4. The summed E-state index contributed by atoms with van der Waals surface area (Å²) in [7, 11) is 0. The molecule has 0 amide bonds. The zero-order valence-electron chi connectivity index (χ0n) is 17.0. The van der Waals surface area contributed by atoms with E-state index < -0.39 is 32.5 Å². The quantitative estimate of drug-likeness (QED) is 0.376. The molecule has 0 atom stereocenters. The Bertz CT molecular complexity index is 851. The number of carboxylic acid groups (broad SMARTS) is 1. The SMILES string of the molecule is [CH3][Ge]([CH3])([CH3])[c]1cc(C(=O)C=Cc2ccc(C(=O)O)cc2)c[c]([Ge]([CH3])([CH3])[CH3])c1. The van der Waals surface area contributed by atoms with E-state index in [1.165, 1.54) is 8.79 Å². The first kappa shape index (κ1) is 21.7. The van der Waals surface area contributed by atoms with Crippen LogP contribution in [0.2, 0.25) is 34.5 Å². The molecule has 1 N–H and O–H groups in total. The molecule has 0 radical (unpaired) electrons. The van der Waals surface area contributed by atoms with Crippen LogP contribution in [0.25, 0.3) is 6.08 Å². The van der Waals surface area contributed by atoms with Crippen LogP contribution >= 0.6 is 0 Å². The van der Waals surface area contributed by atoms with E-state index in [0.717, 1.165) is 11.1 Å². The fourth-order valence-electron chi connectivity index (χ4n) is 2.64. The summed E-state index contributed by atoms with van der Waals surface area (Å²) in [6.07, 6.45) is 3.33. The van der Waals surface area contributed by atoms with Crippen LogP contribution < -0.4 is 8.79 Å². The van der Waals surface area contributed by atoms with Gasteiger partial charge in [-0.2, -0.15) is 0 Å². The van der Waals surface area contributed by atoms with Gasteiger partial charge in [-0.3, -0.25) is 0 Å². The van der Waals surface area contributed by atoms with Gasteiger partial charge in [0.05, 0.1) is 0 Å². The number of rotatable bonds is 6. The average Bonchev–Trinajstić information content (AvgIpc) is 2.58. The number of carbonyl (C=O) groups excluding carboxylic acids is 1. The van der Waals surface area contributed by atoms with Crippen LogP contribution in [-0.2, 0) is 0 Å². The molecule has 0 aliphatic heterocycles. The molecule has 0 saturated heterocycles. The average molecular weight is 486 g/mol. The molecule has 0 fully saturated rings. The molecule has 0 spiro atoms. The summed E-state index contributed by atoms with van der Waals surface area (Å²) in [5.41, 5.74) is 1.82. The summed E-state index contributed by atoms with van der Waals surface area (Å²) in [5, 5.41) is 8.96. The van der Waals surface area contributed by atoms with Gasteiger partial charge in [0.15, 0.2) is 0 Å². The van der Waals surface area contributed by atoms with E-state index in [0.29, 0.717) is 0 Å². The van der Waals surface area contributed by atoms with E-state index in [-0.39, 0.29) is 11.3 Å². The number of ketones is 1. The van der Waals surface area contributed by atoms with E-state index >= 15 is 0 Å². The molecule has 2 rings (SSSR count). The molecular formula is C22H28Ge2O3. The molecule has 3 nitrogen and oxygen atoms in total. The first-order valence-corrected chi connectivity index (χ1v) is 23.8. The zero-order valence-corrected chi connectivity index (χ0v) is 21.2. The maximum absolute atomic E-state index is 12.8. The number of carboxylic acids is 1. The molecule has 0 aliphatic carbocycles. The van der Waals surface area contributed by atoms with Gasteiger partial charge in [-0.15, -0.1) is 0 Å². The third-order valence-electron chi connectivity index (χ3n) is 4.53. The Morgan fingerprint density at radius 3 is 1.67 bits per heavy atom. The van der Waals surface area contributed by atoms with Crippen LogP contribution in [0.5, 0.6) is 0 Å². The molecule has 0 aromatic heterocycles. The van der Waals surface area contributed by atoms with Crippen LogP contribution in [0.1, 0.15) is 26.3 Å². The van der Waals surface area contributed by atoms with Crippen molar-refractivity contribution in [2.75, 3.05) is 0 Å². The van der Waals surface area contributed by atoms with Crippen molar-refractivity contribution in [3.8, 4) is 0 Å². The summed E-state index contributed by atoms with van der Waals surface area (Å²) in [6, 6.07) is 13.0. The summed E-state index contributed by atoms with van der Waals surface area (Å²) in [6.45, 7) is 0. The number of benzene rings is 2. The maximum atomic E-state index is 12.8. The van der Waals surface area contributed by atoms with Gasteiger partial charge < -0.3 is 0 Å². The van der Waals surface area contributed by atoms with Gasteiger partial charge in [0.1, 0.15) is 0 Å². The number of carbonyl (C=O) groups is 2. The number of aromatic carboxylic acids is 1. The third-order valence-corrected chi connectivity index (χ3v) is 13.0. The van der Waals surface area contributed by atoms with Gasteiger partial charge in [-0.05, 0) is 0 Å². The van der Waals surface area contributed by atoms with Crippen LogP contribution in [0, 0.1) is 0 Å². The van der Waals surface area contributed by atoms with Crippen LogP contribution in [0.15, 0.2) is 48.5 Å². The van der Waals surface area contributed by atoms with Gasteiger partial charge in [-0.1, -0.05) is 0 Å². The van der Waals surface area contributed by atoms with Crippen molar-refractivity contribution in [1.29, 1.82) is 0 Å². The van der Waals surface area contributed by atoms with E-state index in [4.69, 9.17) is 5.11 Å². The monoisotopic (exact) mass is 488 g/mol. The summed E-state index contributed by atoms with van der Waals surface area (Å²) in [4.78, 5) is 23.7. The van der Waals surface area contributed by atoms with Crippen molar-refractivity contribution in [2.24, 2.45) is 0 Å². The molecule has 2 aromatic rings. The Morgan fingerprint density at radius 1 is 0.778 bits per heavy atom. The molecular weight excluding hydrogens is 457 g/mol. The van der Waals surface area contributed by atoms with Crippen molar-refractivity contribution in [3.05, 3.63) is 65.2 Å². The van der Waals surface area contributed by atoms with Crippen molar-refractivity contribution in [1.82, 2.24) is 0 Å². The predicted molar refractivity (Wildman–Crippen MR) is 119 cm³/mol. The molecule has 142 valence electrons. The van der Waals surface area contributed by atoms with E-state index in [1.807, 2.05) is 0 Å². The number of hydrogen-bond acceptors (Lipinski definition) is 2. The summed E-state index contributed by atoms with van der Waals surface area (Å²) >= 11 is -4.11. The number of hydrogen-bond donors (Lipinski definition) is 1. The van der Waals surface area contributed by atoms with Crippen LogP contribution in [-0.4, -0.2) is 43.4 Å². The Morgan fingerprint density at radius 2 is 1.26 bits per heavy atom. The normalized spacial score (nSPS) is 12.4. The molecule has 5 heteroatoms. The van der Waals surface area contributed by atoms with Gasteiger partial charge >= 0.3 is 168 Å².